The van der Waals surface area contributed by atoms with Gasteiger partial charge in [-0.15, -0.1) is 0 Å². The fourth-order valence-electron chi connectivity index (χ4n) is 12.8. The summed E-state index contributed by atoms with van der Waals surface area (Å²) < 4.78 is 80.8. The van der Waals surface area contributed by atoms with Crippen molar-refractivity contribution in [3.63, 3.8) is 0 Å². The summed E-state index contributed by atoms with van der Waals surface area (Å²) >= 11 is 0. The molecule has 4 saturated heterocycles. The van der Waals surface area contributed by atoms with E-state index in [1.165, 1.54) is 91.1 Å². The lowest BCUT2D eigenvalue weighted by Crippen LogP contribution is -2.44. The van der Waals surface area contributed by atoms with Crippen LogP contribution in [0.15, 0.2) is 373 Å². The molecule has 0 spiro atoms. The summed E-state index contributed by atoms with van der Waals surface area (Å²) in [5, 5.41) is 16.9. The number of alkyl halides is 6. The average molecular weight is 1630 g/mol. The van der Waals surface area contributed by atoms with Crippen LogP contribution in [-0.4, -0.2) is 163 Å². The molecule has 27 heteroatoms. The third-order valence-electron chi connectivity index (χ3n) is 18.5. The first-order chi connectivity index (χ1) is 55.7. The molecule has 4 aliphatic heterocycles. The van der Waals surface area contributed by atoms with Crippen LogP contribution in [-0.2, 0) is 47.0 Å². The molecule has 4 atom stereocenters. The Kier molecular flexibility index (Phi) is 36.4. The van der Waals surface area contributed by atoms with E-state index in [0.29, 0.717) is 57.8 Å². The third-order valence-corrected chi connectivity index (χ3v) is 25.2. The second kappa shape index (κ2) is 46.4. The van der Waals surface area contributed by atoms with Gasteiger partial charge in [0.25, 0.3) is 0 Å². The number of benzene rings is 9. The molecule has 4 aliphatic rings. The van der Waals surface area contributed by atoms with Crippen LogP contribution in [0.5, 0.6) is 0 Å². The number of imidazole rings is 3. The molecule has 4 bridgehead atoms. The van der Waals surface area contributed by atoms with Gasteiger partial charge in [-0.05, 0) is 175 Å². The van der Waals surface area contributed by atoms with Gasteiger partial charge in [-0.2, -0.15) is 26.3 Å². The van der Waals surface area contributed by atoms with Crippen molar-refractivity contribution >= 4 is 79.1 Å². The Morgan fingerprint density at radius 1 is 0.388 bits per heavy atom. The number of ether oxygens (including phenoxy) is 1. The zero-order chi connectivity index (χ0) is 83.5. The normalized spacial score (nSPS) is 17.1. The van der Waals surface area contributed by atoms with Crippen molar-refractivity contribution in [2.24, 2.45) is 0 Å². The molecule has 15 nitrogen and oxygen atoms in total. The number of hydrogen-bond donors (Lipinski definition) is 2. The van der Waals surface area contributed by atoms with Gasteiger partial charge in [0.1, 0.15) is 25.1 Å². The van der Waals surface area contributed by atoms with Crippen LogP contribution in [0.2, 0.25) is 0 Å². The van der Waals surface area contributed by atoms with Crippen molar-refractivity contribution < 1.29 is 60.5 Å². The van der Waals surface area contributed by atoms with E-state index >= 15 is 0 Å². The van der Waals surface area contributed by atoms with E-state index in [2.05, 4.69) is 327 Å². The summed E-state index contributed by atoms with van der Waals surface area (Å²) in [6, 6.07) is 98.4. The molecule has 3 aromatic heterocycles. The second-order valence-corrected chi connectivity index (χ2v) is 33.2. The van der Waals surface area contributed by atoms with E-state index in [-0.39, 0.29) is 50.9 Å². The maximum Gasteiger partial charge on any atom is 0.376 e. The highest BCUT2D eigenvalue weighted by molar-refractivity contribution is 7.97. The first kappa shape index (κ1) is 91.1. The van der Waals surface area contributed by atoms with Gasteiger partial charge < -0.3 is 24.7 Å². The quantitative estimate of drug-likeness (QED) is 0.0484. The number of nitrogens with zero attached hydrogens (tertiary/aromatic N) is 8. The Bertz CT molecular complexity index is 4120. The molecule has 597 valence electrons. The molecule has 2 N–H and O–H groups in total. The first-order valence-corrected chi connectivity index (χ1v) is 41.1. The topological polar surface area (TPSA) is 178 Å². The van der Waals surface area contributed by atoms with Crippen molar-refractivity contribution in [2.75, 3.05) is 14.1 Å². The zero-order valence-electron chi connectivity index (χ0n) is 65.0. The van der Waals surface area contributed by atoms with E-state index in [1.54, 1.807) is 24.8 Å². The van der Waals surface area contributed by atoms with E-state index in [1.807, 2.05) is 0 Å². The number of aliphatic hydroxyl groups excluding tert-OH is 1. The summed E-state index contributed by atoms with van der Waals surface area (Å²) in [6.07, 6.45) is 20.5. The SMILES string of the molecule is CC(F)(F)C(=O)O.CC(F)(F)C(=O)n1ccnc1.CN1C2CCC1CC(O)C2.CN1C2CCC1CC(OC(=O)C(C)(F)F)C2.O=C(n1ccnc1)n1ccnc1.[B][B][B].c1ccc([S+](c2ccccc2)c2ccccc2)cc1.c1ccc([S+](c2ccccc2)c2ccccc2)cc1.c1ccc([S+](c2ccccc2)c2ccccc2)cc1. The highest BCUT2D eigenvalue weighted by atomic mass is 32.2. The molecule has 4 unspecified atom stereocenters. The lowest BCUT2D eigenvalue weighted by Gasteiger charge is -2.36. The molecular weight excluding hydrogens is 1540 g/mol. The minimum atomic E-state index is -3.58. The van der Waals surface area contributed by atoms with Gasteiger partial charge in [0, 0.05) is 105 Å². The van der Waals surface area contributed by atoms with Crippen molar-refractivity contribution in [1.29, 1.82) is 0 Å². The molecule has 4 fully saturated rings. The monoisotopic (exact) mass is 1630 g/mol. The number of esters is 1. The van der Waals surface area contributed by atoms with Crippen molar-refractivity contribution in [1.82, 2.24) is 38.5 Å². The van der Waals surface area contributed by atoms with Gasteiger partial charge in [0.15, 0.2) is 44.1 Å². The van der Waals surface area contributed by atoms with Gasteiger partial charge in [-0.25, -0.2) is 29.3 Å². The van der Waals surface area contributed by atoms with Gasteiger partial charge in [-0.3, -0.25) is 18.5 Å². The maximum atomic E-state index is 12.7. The van der Waals surface area contributed by atoms with Crippen LogP contribution >= 0.6 is 0 Å². The predicted molar refractivity (Wildman–Crippen MR) is 448 cm³/mol. The number of aliphatic hydroxyl groups is 1. The predicted octanol–water partition coefficient (Wildman–Crippen LogP) is 18.1. The maximum absolute atomic E-state index is 12.7. The summed E-state index contributed by atoms with van der Waals surface area (Å²) in [7, 11) is 14.2. The number of hydrogen-bond acceptors (Lipinski definition) is 11. The number of rotatable bonds is 13. The van der Waals surface area contributed by atoms with Crippen LogP contribution in [0, 0.1) is 0 Å². The molecule has 9 aromatic carbocycles. The lowest BCUT2D eigenvalue weighted by molar-refractivity contribution is -0.178. The molecule has 5 radical (unpaired) electrons. The van der Waals surface area contributed by atoms with Gasteiger partial charge >= 0.3 is 41.6 Å². The number of carbonyl (C=O) groups is 4. The highest BCUT2D eigenvalue weighted by Gasteiger charge is 2.44. The van der Waals surface area contributed by atoms with Crippen molar-refractivity contribution in [2.45, 2.75) is 170 Å². The van der Waals surface area contributed by atoms with Crippen LogP contribution in [0.4, 0.5) is 31.1 Å². The van der Waals surface area contributed by atoms with E-state index in [0.717, 1.165) is 43.6 Å². The highest BCUT2D eigenvalue weighted by Crippen LogP contribution is 2.38. The second-order valence-electron chi connectivity index (χ2n) is 27.1. The Labute approximate surface area is 687 Å². The molecule has 16 rings (SSSR count). The smallest absolute Gasteiger partial charge is 0.376 e. The fourth-order valence-corrected chi connectivity index (χ4v) is 19.1. The van der Waals surface area contributed by atoms with Crippen LogP contribution in [0.25, 0.3) is 0 Å². The Morgan fingerprint density at radius 2 is 0.603 bits per heavy atom. The number of carboxylic acid groups (broad SMARTS) is 1. The Balaban J connectivity index is 0.000000168. The Morgan fingerprint density at radius 3 is 0.793 bits per heavy atom. The van der Waals surface area contributed by atoms with E-state index in [9.17, 15) is 50.6 Å². The van der Waals surface area contributed by atoms with Crippen molar-refractivity contribution in [3.8, 4) is 0 Å². The molecule has 0 amide bonds. The van der Waals surface area contributed by atoms with E-state index < -0.39 is 35.6 Å². The lowest BCUT2D eigenvalue weighted by atomic mass is 9.40. The summed E-state index contributed by atoms with van der Waals surface area (Å²) in [6.45, 7) is 1.46. The summed E-state index contributed by atoms with van der Waals surface area (Å²) in [5.74, 6) is -15.0. The number of piperidine rings is 2. The average Bonchev–Trinajstić information content (AvgIpc) is 1.78. The Hall–Kier alpha value is -10.4. The minimum absolute atomic E-state index is 0.00583. The molecule has 7 heterocycles. The summed E-state index contributed by atoms with van der Waals surface area (Å²) in [4.78, 5) is 70.4. The van der Waals surface area contributed by atoms with Crippen LogP contribution in [0.1, 0.15) is 76.9 Å². The molecule has 0 saturated carbocycles. The number of carbonyl (C=O) groups excluding carboxylic acids is 3. The van der Waals surface area contributed by atoms with Gasteiger partial charge in [-0.1, -0.05) is 164 Å². The number of fused-ring (bicyclic) bond motifs is 4. The standard InChI is InChI=1S/3C18H15S.C11H17F2NO2.C8H15NO.C7H6N4O.C6H6F2N2O.C3H4F2O2.B3/c3*1-4-10-16(11-5-1)19(17-12-6-2-7-13-17)18-14-8-3-9-15-18;1-11(12,13)10(15)16-9-5-7-3-4-8(6-9)14(7)2;1-9-6-2-3-7(9)5-8(10)4-6;12-7(10-3-1-8-5-10)11-4-2-9-6-11;1-6(7,8)5(11)10-3-2-9-4-10;1-3(4,5)2(6)7;1-3-2/h3*1-15H;7-9H,3-6H2,1-2H3;6-8,10H,2-5H2,1H3;1-6H;2-4H,1H3;1H3,(H,6,7);/q3*+1;;;;;;. The fraction of sp³-hybridized carbons (Fsp3) is 0.247. The number of halogens is 6. The molecule has 12 aromatic rings. The van der Waals surface area contributed by atoms with Crippen LogP contribution in [0.3, 0.4) is 0 Å². The third kappa shape index (κ3) is 28.8. The van der Waals surface area contributed by atoms with Gasteiger partial charge in [0.05, 0.1) is 38.8 Å². The molecule has 116 heavy (non-hydrogen) atoms. The zero-order valence-corrected chi connectivity index (χ0v) is 67.5. The molecular formula is C89H93B3F6N8O7S3+3. The van der Waals surface area contributed by atoms with Crippen LogP contribution < -0.4 is 0 Å². The number of aromatic nitrogens is 6. The van der Waals surface area contributed by atoms with E-state index in [4.69, 9.17) is 9.84 Å². The molecule has 0 aliphatic carbocycles. The largest absolute Gasteiger partial charge is 0.477 e. The first-order valence-electron chi connectivity index (χ1n) is 37.4. The minimum Gasteiger partial charge on any atom is -0.477 e. The van der Waals surface area contributed by atoms with Crippen molar-refractivity contribution in [3.05, 3.63) is 329 Å². The number of carboxylic acids is 1. The van der Waals surface area contributed by atoms with Gasteiger partial charge in [0.2, 0.25) is 0 Å². The number of aliphatic carboxylic acids is 1. The summed E-state index contributed by atoms with van der Waals surface area (Å²) in [5.41, 5.74) is 0.